The number of aliphatic hydroxyl groups excluding tert-OH is 1. The van der Waals surface area contributed by atoms with Gasteiger partial charge in [-0.1, -0.05) is 48.0 Å². The lowest BCUT2D eigenvalue weighted by Gasteiger charge is -2.31. The van der Waals surface area contributed by atoms with Gasteiger partial charge in [-0.05, 0) is 13.0 Å². The number of rotatable bonds is 5. The molecule has 0 aromatic heterocycles. The number of halogens is 1. The maximum absolute atomic E-state index is 14.8. The zero-order valence-corrected chi connectivity index (χ0v) is 17.4. The Kier molecular flexibility index (Phi) is 6.15. The number of likely N-dealkylation sites (tertiary alicyclic amines) is 1. The van der Waals surface area contributed by atoms with Gasteiger partial charge < -0.3 is 14.7 Å². The highest BCUT2D eigenvalue weighted by Gasteiger charge is 2.46. The zero-order chi connectivity index (χ0) is 22.0. The Morgan fingerprint density at radius 3 is 2.42 bits per heavy atom. The first-order valence-electron chi connectivity index (χ1n) is 10.4. The van der Waals surface area contributed by atoms with Crippen LogP contribution >= 0.6 is 0 Å². The second-order valence-electron chi connectivity index (χ2n) is 7.83. The van der Waals surface area contributed by atoms with Gasteiger partial charge in [0.05, 0.1) is 24.8 Å². The number of hydrogen-bond acceptors (Lipinski definition) is 5. The highest BCUT2D eigenvalue weighted by molar-refractivity contribution is 6.46. The molecule has 1 N–H and O–H groups in total. The first kappa shape index (κ1) is 21.2. The molecule has 1 atom stereocenters. The van der Waals surface area contributed by atoms with Crippen molar-refractivity contribution in [1.29, 1.82) is 0 Å². The van der Waals surface area contributed by atoms with E-state index in [0.29, 0.717) is 25.3 Å². The van der Waals surface area contributed by atoms with Gasteiger partial charge in [0.2, 0.25) is 0 Å². The van der Waals surface area contributed by atoms with Crippen molar-refractivity contribution < 1.29 is 23.8 Å². The van der Waals surface area contributed by atoms with Crippen LogP contribution in [0.15, 0.2) is 54.1 Å². The van der Waals surface area contributed by atoms with Gasteiger partial charge >= 0.3 is 0 Å². The van der Waals surface area contributed by atoms with E-state index in [9.17, 15) is 19.1 Å². The van der Waals surface area contributed by atoms with Crippen LogP contribution < -0.4 is 0 Å². The molecule has 2 aliphatic rings. The molecule has 2 aromatic carbocycles. The van der Waals surface area contributed by atoms with E-state index in [1.807, 2.05) is 19.1 Å². The maximum Gasteiger partial charge on any atom is 0.295 e. The average Bonchev–Trinajstić information content (AvgIpc) is 3.03. The third-order valence-corrected chi connectivity index (χ3v) is 5.83. The van der Waals surface area contributed by atoms with E-state index < -0.39 is 23.5 Å². The van der Waals surface area contributed by atoms with Crippen LogP contribution in [0.5, 0.6) is 0 Å². The lowest BCUT2D eigenvalue weighted by Crippen LogP contribution is -2.42. The smallest absolute Gasteiger partial charge is 0.295 e. The number of ether oxygens (including phenoxy) is 1. The van der Waals surface area contributed by atoms with Crippen LogP contribution in [-0.4, -0.2) is 66.0 Å². The standard InChI is InChI=1S/C24H25FN2O4/c1-16-6-8-17(9-7-16)22(28)20-21(18-4-2-3-5-19(18)25)27(24(30)23(20)29)11-10-26-12-14-31-15-13-26/h2-9,21,28H,10-15H2,1H3/b22-20+/t21-/m0/s1. The Morgan fingerprint density at radius 2 is 1.74 bits per heavy atom. The largest absolute Gasteiger partial charge is 0.507 e. The Morgan fingerprint density at radius 1 is 1.06 bits per heavy atom. The second kappa shape index (κ2) is 8.99. The summed E-state index contributed by atoms with van der Waals surface area (Å²) in [6.45, 7) is 5.38. The zero-order valence-electron chi connectivity index (χ0n) is 17.4. The molecule has 0 radical (unpaired) electrons. The third kappa shape index (κ3) is 4.24. The van der Waals surface area contributed by atoms with Crippen LogP contribution in [-0.2, 0) is 14.3 Å². The summed E-state index contributed by atoms with van der Waals surface area (Å²) in [7, 11) is 0. The molecule has 2 heterocycles. The van der Waals surface area contributed by atoms with Gasteiger partial charge in [-0.2, -0.15) is 0 Å². The average molecular weight is 424 g/mol. The van der Waals surface area contributed by atoms with Crippen molar-refractivity contribution in [1.82, 2.24) is 9.80 Å². The predicted octanol–water partition coefficient (Wildman–Crippen LogP) is 2.89. The summed E-state index contributed by atoms with van der Waals surface area (Å²) in [5.74, 6) is -2.34. The van der Waals surface area contributed by atoms with Gasteiger partial charge in [-0.25, -0.2) is 4.39 Å². The molecule has 1 amide bonds. The number of nitrogens with zero attached hydrogens (tertiary/aromatic N) is 2. The van der Waals surface area contributed by atoms with E-state index in [2.05, 4.69) is 4.90 Å². The van der Waals surface area contributed by atoms with Gasteiger partial charge in [0.25, 0.3) is 11.7 Å². The quantitative estimate of drug-likeness (QED) is 0.454. The number of Topliss-reactive ketones (excluding diaryl/α,β-unsaturated/α-hetero) is 1. The molecule has 2 aromatic rings. The Balaban J connectivity index is 1.75. The van der Waals surface area contributed by atoms with Gasteiger partial charge in [0, 0.05) is 37.3 Å². The number of benzene rings is 2. The first-order chi connectivity index (χ1) is 15.0. The fourth-order valence-electron chi connectivity index (χ4n) is 4.07. The van der Waals surface area contributed by atoms with Crippen molar-refractivity contribution in [3.05, 3.63) is 76.6 Å². The number of amides is 1. The van der Waals surface area contributed by atoms with Gasteiger partial charge in [0.15, 0.2) is 0 Å². The number of aliphatic hydroxyl groups is 1. The minimum absolute atomic E-state index is 0.0825. The van der Waals surface area contributed by atoms with E-state index in [1.54, 1.807) is 30.3 Å². The predicted molar refractivity (Wildman–Crippen MR) is 114 cm³/mol. The molecule has 7 heteroatoms. The number of carbonyl (C=O) groups is 2. The van der Waals surface area contributed by atoms with Gasteiger partial charge in [-0.15, -0.1) is 0 Å². The summed E-state index contributed by atoms with van der Waals surface area (Å²) in [6, 6.07) is 12.1. The minimum Gasteiger partial charge on any atom is -0.507 e. The molecular formula is C24H25FN2O4. The van der Waals surface area contributed by atoms with Crippen molar-refractivity contribution in [3.63, 3.8) is 0 Å². The summed E-state index contributed by atoms with van der Waals surface area (Å²) in [5.41, 5.74) is 1.52. The molecule has 4 rings (SSSR count). The van der Waals surface area contributed by atoms with Crippen molar-refractivity contribution in [3.8, 4) is 0 Å². The van der Waals surface area contributed by atoms with Crippen molar-refractivity contribution in [2.24, 2.45) is 0 Å². The van der Waals surface area contributed by atoms with Crippen molar-refractivity contribution in [2.75, 3.05) is 39.4 Å². The molecular weight excluding hydrogens is 399 g/mol. The van der Waals surface area contributed by atoms with E-state index in [0.717, 1.165) is 18.7 Å². The van der Waals surface area contributed by atoms with E-state index >= 15 is 0 Å². The number of hydrogen-bond donors (Lipinski definition) is 1. The van der Waals surface area contributed by atoms with Crippen molar-refractivity contribution in [2.45, 2.75) is 13.0 Å². The number of ketones is 1. The molecule has 6 nitrogen and oxygen atoms in total. The van der Waals surface area contributed by atoms with Crippen LogP contribution in [0, 0.1) is 12.7 Å². The maximum atomic E-state index is 14.8. The first-order valence-corrected chi connectivity index (χ1v) is 10.4. The monoisotopic (exact) mass is 424 g/mol. The van der Waals surface area contributed by atoms with Crippen LogP contribution in [0.3, 0.4) is 0 Å². The number of morpholine rings is 1. The topological polar surface area (TPSA) is 70.1 Å². The third-order valence-electron chi connectivity index (χ3n) is 5.83. The molecule has 162 valence electrons. The van der Waals surface area contributed by atoms with E-state index in [-0.39, 0.29) is 23.4 Å². The molecule has 2 aliphatic heterocycles. The molecule has 0 saturated carbocycles. The lowest BCUT2D eigenvalue weighted by molar-refractivity contribution is -0.140. The summed E-state index contributed by atoms with van der Waals surface area (Å²) in [4.78, 5) is 29.4. The van der Waals surface area contributed by atoms with Crippen LogP contribution in [0.2, 0.25) is 0 Å². The Labute approximate surface area is 180 Å². The molecule has 0 unspecified atom stereocenters. The molecule has 2 saturated heterocycles. The SMILES string of the molecule is Cc1ccc(/C(O)=C2\C(=O)C(=O)N(CCN3CCOCC3)[C@H]2c2ccccc2F)cc1. The Bertz CT molecular complexity index is 1010. The summed E-state index contributed by atoms with van der Waals surface area (Å²) in [5, 5.41) is 11.0. The molecule has 2 fully saturated rings. The fourth-order valence-corrected chi connectivity index (χ4v) is 4.07. The van der Waals surface area contributed by atoms with Crippen LogP contribution in [0.4, 0.5) is 4.39 Å². The lowest BCUT2D eigenvalue weighted by atomic mass is 9.94. The summed E-state index contributed by atoms with van der Waals surface area (Å²) >= 11 is 0. The molecule has 0 spiro atoms. The highest BCUT2D eigenvalue weighted by atomic mass is 19.1. The summed E-state index contributed by atoms with van der Waals surface area (Å²) in [6.07, 6.45) is 0. The van der Waals surface area contributed by atoms with E-state index in [4.69, 9.17) is 4.74 Å². The molecule has 0 aliphatic carbocycles. The highest BCUT2D eigenvalue weighted by Crippen LogP contribution is 2.40. The minimum atomic E-state index is -0.983. The van der Waals surface area contributed by atoms with E-state index in [1.165, 1.54) is 11.0 Å². The van der Waals surface area contributed by atoms with Gasteiger partial charge in [0.1, 0.15) is 11.6 Å². The van der Waals surface area contributed by atoms with Crippen LogP contribution in [0.1, 0.15) is 22.7 Å². The fraction of sp³-hybridized carbons (Fsp3) is 0.333. The van der Waals surface area contributed by atoms with Gasteiger partial charge in [-0.3, -0.25) is 14.5 Å². The second-order valence-corrected chi connectivity index (χ2v) is 7.83. The molecule has 0 bridgehead atoms. The normalized spacial score (nSPS) is 21.6. The number of carbonyl (C=O) groups excluding carboxylic acids is 2. The molecule has 31 heavy (non-hydrogen) atoms. The van der Waals surface area contributed by atoms with Crippen LogP contribution in [0.25, 0.3) is 5.76 Å². The Hall–Kier alpha value is -3.03. The summed E-state index contributed by atoms with van der Waals surface area (Å²) < 4.78 is 20.1. The van der Waals surface area contributed by atoms with Crippen molar-refractivity contribution >= 4 is 17.4 Å². The number of aryl methyl sites for hydroxylation is 1.